The first kappa shape index (κ1) is 30.9. The average Bonchev–Trinajstić information content (AvgIpc) is 3.56. The first-order valence-corrected chi connectivity index (χ1v) is 16.8. The van der Waals surface area contributed by atoms with Gasteiger partial charge in [0.1, 0.15) is 17.7 Å². The Balaban J connectivity index is 1.18. The molecule has 45 heavy (non-hydrogen) atoms. The van der Waals surface area contributed by atoms with Gasteiger partial charge in [0.25, 0.3) is 0 Å². The van der Waals surface area contributed by atoms with Gasteiger partial charge in [0.15, 0.2) is 0 Å². The van der Waals surface area contributed by atoms with Crippen molar-refractivity contribution in [3.63, 3.8) is 0 Å². The molecule has 3 aromatic carbocycles. The monoisotopic (exact) mass is 627 g/mol. The van der Waals surface area contributed by atoms with E-state index in [0.29, 0.717) is 12.8 Å². The third-order valence-corrected chi connectivity index (χ3v) is 10.5. The van der Waals surface area contributed by atoms with Crippen LogP contribution in [-0.2, 0) is 27.9 Å². The van der Waals surface area contributed by atoms with E-state index in [9.17, 15) is 17.6 Å². The molecular formula is C35H38FN5O3S. The summed E-state index contributed by atoms with van der Waals surface area (Å²) in [5, 5.41) is 3.00. The summed E-state index contributed by atoms with van der Waals surface area (Å²) in [4.78, 5) is 23.2. The molecule has 2 aliphatic heterocycles. The summed E-state index contributed by atoms with van der Waals surface area (Å²) in [7, 11) is -3.94. The quantitative estimate of drug-likeness (QED) is 0.282. The predicted octanol–water partition coefficient (Wildman–Crippen LogP) is 4.99. The van der Waals surface area contributed by atoms with Crippen molar-refractivity contribution in [2.45, 2.75) is 43.8 Å². The number of rotatable bonds is 9. The highest BCUT2D eigenvalue weighted by molar-refractivity contribution is 7.89. The lowest BCUT2D eigenvalue weighted by atomic mass is 10.1. The molecule has 0 spiro atoms. The summed E-state index contributed by atoms with van der Waals surface area (Å²) in [6.45, 7) is 6.94. The van der Waals surface area contributed by atoms with E-state index < -0.39 is 21.9 Å². The van der Waals surface area contributed by atoms with Gasteiger partial charge in [-0.05, 0) is 67.3 Å². The Morgan fingerprint density at radius 2 is 1.60 bits per heavy atom. The number of sulfonamides is 1. The zero-order valence-corrected chi connectivity index (χ0v) is 26.2. The third-order valence-electron chi connectivity index (χ3n) is 8.56. The van der Waals surface area contributed by atoms with Gasteiger partial charge in [-0.3, -0.25) is 9.69 Å². The van der Waals surface area contributed by atoms with Gasteiger partial charge < -0.3 is 10.2 Å². The zero-order valence-electron chi connectivity index (χ0n) is 25.4. The second kappa shape index (κ2) is 13.5. The first-order valence-electron chi connectivity index (χ1n) is 15.4. The molecule has 234 valence electrons. The number of nitrogens with one attached hydrogen (secondary N) is 1. The number of pyridine rings is 1. The van der Waals surface area contributed by atoms with Crippen LogP contribution in [0.15, 0.2) is 95.9 Å². The van der Waals surface area contributed by atoms with E-state index in [1.165, 1.54) is 22.0 Å². The molecule has 0 saturated carbocycles. The zero-order chi connectivity index (χ0) is 31.4. The van der Waals surface area contributed by atoms with Crippen LogP contribution >= 0.6 is 0 Å². The van der Waals surface area contributed by atoms with E-state index >= 15 is 0 Å². The fourth-order valence-corrected chi connectivity index (χ4v) is 7.68. The molecule has 6 rings (SSSR count). The second-order valence-corrected chi connectivity index (χ2v) is 13.7. The van der Waals surface area contributed by atoms with Crippen molar-refractivity contribution in [1.82, 2.24) is 19.5 Å². The number of anilines is 1. The number of carbonyl (C=O) groups excluding carboxylic acids is 1. The highest BCUT2D eigenvalue weighted by Gasteiger charge is 2.39. The molecular weight excluding hydrogens is 589 g/mol. The Labute approximate surface area is 264 Å². The number of hydrogen-bond acceptors (Lipinski definition) is 6. The van der Waals surface area contributed by atoms with Crippen molar-refractivity contribution >= 4 is 21.7 Å². The Morgan fingerprint density at radius 1 is 0.889 bits per heavy atom. The van der Waals surface area contributed by atoms with Crippen LogP contribution in [0.25, 0.3) is 11.3 Å². The number of piperazine rings is 1. The highest BCUT2D eigenvalue weighted by atomic mass is 32.2. The van der Waals surface area contributed by atoms with E-state index in [-0.39, 0.29) is 23.9 Å². The minimum atomic E-state index is -3.94. The third kappa shape index (κ3) is 7.24. The van der Waals surface area contributed by atoms with E-state index in [1.807, 2.05) is 25.1 Å². The molecule has 2 saturated heterocycles. The van der Waals surface area contributed by atoms with Crippen molar-refractivity contribution in [2.75, 3.05) is 37.6 Å². The normalized spacial score (nSPS) is 17.8. The summed E-state index contributed by atoms with van der Waals surface area (Å²) in [6.07, 6.45) is 1.00. The van der Waals surface area contributed by atoms with Crippen molar-refractivity contribution < 1.29 is 17.6 Å². The Kier molecular flexibility index (Phi) is 9.25. The van der Waals surface area contributed by atoms with Crippen molar-refractivity contribution in [3.8, 4) is 11.3 Å². The molecule has 1 aromatic heterocycles. The molecule has 2 aliphatic rings. The standard InChI is InChI=1S/C35H38FN5O3S/c1-26-9-11-29(12-10-26)32-22-28(23-34(38-32)40-20-18-39(19-21-40)25-27-6-3-2-4-7-27)24-37-35(42)33-8-5-17-41(33)45(43,44)31-15-13-30(36)14-16-31/h2-4,6-7,9-16,22-23,33H,5,8,17-21,24-25H2,1H3,(H,37,42)/t33-/m0/s1. The lowest BCUT2D eigenvalue weighted by Gasteiger charge is -2.35. The van der Waals surface area contributed by atoms with E-state index in [1.54, 1.807) is 0 Å². The smallest absolute Gasteiger partial charge is 0.243 e. The Bertz CT molecular complexity index is 1730. The van der Waals surface area contributed by atoms with Crippen LogP contribution < -0.4 is 10.2 Å². The summed E-state index contributed by atoms with van der Waals surface area (Å²) >= 11 is 0. The van der Waals surface area contributed by atoms with Gasteiger partial charge in [-0.25, -0.2) is 17.8 Å². The maximum Gasteiger partial charge on any atom is 0.243 e. The van der Waals surface area contributed by atoms with E-state index in [4.69, 9.17) is 4.98 Å². The number of aryl methyl sites for hydroxylation is 1. The molecule has 0 unspecified atom stereocenters. The number of halogens is 1. The molecule has 0 bridgehead atoms. The average molecular weight is 628 g/mol. The summed E-state index contributed by atoms with van der Waals surface area (Å²) in [6, 6.07) is 26.6. The van der Waals surface area contributed by atoms with E-state index in [2.05, 4.69) is 63.6 Å². The van der Waals surface area contributed by atoms with Gasteiger partial charge >= 0.3 is 0 Å². The number of carbonyl (C=O) groups is 1. The molecule has 1 amide bonds. The molecule has 3 heterocycles. The predicted molar refractivity (Wildman–Crippen MR) is 174 cm³/mol. The summed E-state index contributed by atoms with van der Waals surface area (Å²) in [5.74, 6) is 0.00137. The van der Waals surface area contributed by atoms with Crippen LogP contribution in [0.3, 0.4) is 0 Å². The number of benzene rings is 3. The van der Waals surface area contributed by atoms with Crippen molar-refractivity contribution in [3.05, 3.63) is 114 Å². The van der Waals surface area contributed by atoms with Gasteiger partial charge in [-0.2, -0.15) is 4.31 Å². The highest BCUT2D eigenvalue weighted by Crippen LogP contribution is 2.28. The number of amides is 1. The summed E-state index contributed by atoms with van der Waals surface area (Å²) in [5.41, 5.74) is 5.17. The first-order chi connectivity index (χ1) is 21.8. The minimum Gasteiger partial charge on any atom is -0.354 e. The fourth-order valence-electron chi connectivity index (χ4n) is 6.02. The second-order valence-electron chi connectivity index (χ2n) is 11.8. The lowest BCUT2D eigenvalue weighted by molar-refractivity contribution is -0.124. The molecule has 0 radical (unpaired) electrons. The molecule has 1 N–H and O–H groups in total. The molecule has 2 fully saturated rings. The van der Waals surface area contributed by atoms with Crippen LogP contribution in [0, 0.1) is 12.7 Å². The Hall–Kier alpha value is -4.12. The van der Waals surface area contributed by atoms with Crippen LogP contribution in [0.2, 0.25) is 0 Å². The van der Waals surface area contributed by atoms with Crippen LogP contribution in [0.1, 0.15) is 29.5 Å². The van der Waals surface area contributed by atoms with Gasteiger partial charge in [-0.1, -0.05) is 60.2 Å². The maximum atomic E-state index is 13.4. The molecule has 10 heteroatoms. The molecule has 8 nitrogen and oxygen atoms in total. The van der Waals surface area contributed by atoms with Crippen molar-refractivity contribution in [1.29, 1.82) is 0 Å². The molecule has 1 atom stereocenters. The van der Waals surface area contributed by atoms with Crippen LogP contribution in [0.4, 0.5) is 10.2 Å². The van der Waals surface area contributed by atoms with Crippen molar-refractivity contribution in [2.24, 2.45) is 0 Å². The van der Waals surface area contributed by atoms with Gasteiger partial charge in [-0.15, -0.1) is 0 Å². The van der Waals surface area contributed by atoms with Gasteiger partial charge in [0.05, 0.1) is 10.6 Å². The SMILES string of the molecule is Cc1ccc(-c2cc(CNC(=O)[C@@H]3CCCN3S(=O)(=O)c3ccc(F)cc3)cc(N3CCN(Cc4ccccc4)CC3)n2)cc1. The maximum absolute atomic E-state index is 13.4. The van der Waals surface area contributed by atoms with Crippen LogP contribution in [-0.4, -0.2) is 67.3 Å². The largest absolute Gasteiger partial charge is 0.354 e. The molecule has 4 aromatic rings. The van der Waals surface area contributed by atoms with Gasteiger partial charge in [0, 0.05) is 51.4 Å². The minimum absolute atomic E-state index is 0.0195. The number of aromatic nitrogens is 1. The lowest BCUT2D eigenvalue weighted by Crippen LogP contribution is -2.46. The summed E-state index contributed by atoms with van der Waals surface area (Å²) < 4.78 is 41.3. The molecule has 0 aliphatic carbocycles. The fraction of sp³-hybridized carbons (Fsp3) is 0.314. The number of hydrogen-bond donors (Lipinski definition) is 1. The van der Waals surface area contributed by atoms with Gasteiger partial charge in [0.2, 0.25) is 15.9 Å². The Morgan fingerprint density at radius 3 is 2.31 bits per heavy atom. The number of nitrogens with zero attached hydrogens (tertiary/aromatic N) is 4. The van der Waals surface area contributed by atoms with E-state index in [0.717, 1.165) is 73.1 Å². The van der Waals surface area contributed by atoms with Crippen LogP contribution in [0.5, 0.6) is 0 Å². The topological polar surface area (TPSA) is 85.8 Å².